The molecule has 0 radical (unpaired) electrons. The third-order valence-electron chi connectivity index (χ3n) is 3.92. The Morgan fingerprint density at radius 3 is 2.58 bits per heavy atom. The van der Waals surface area contributed by atoms with Gasteiger partial charge in [-0.05, 0) is 45.4 Å². The van der Waals surface area contributed by atoms with E-state index in [0.29, 0.717) is 17.9 Å². The normalized spacial score (nSPS) is 13.4. The standard InChI is InChI=1S/C17H21F2N3O2/c1-5-15(13-8-12(18)6-7-14(13)19)21-17(23)20-9(2)16-10(3)22-24-11(16)4/h6-9,15H,5H2,1-4H3,(H2,20,21,23). The summed E-state index contributed by atoms with van der Waals surface area (Å²) in [5.41, 5.74) is 1.62. The van der Waals surface area contributed by atoms with Crippen molar-refractivity contribution in [1.82, 2.24) is 15.8 Å². The number of hydrogen-bond acceptors (Lipinski definition) is 3. The first-order chi connectivity index (χ1) is 11.3. The lowest BCUT2D eigenvalue weighted by molar-refractivity contribution is 0.233. The molecule has 24 heavy (non-hydrogen) atoms. The first kappa shape index (κ1) is 17.9. The van der Waals surface area contributed by atoms with Gasteiger partial charge in [-0.15, -0.1) is 0 Å². The minimum Gasteiger partial charge on any atom is -0.361 e. The molecule has 2 unspecified atom stereocenters. The van der Waals surface area contributed by atoms with Crippen molar-refractivity contribution >= 4 is 6.03 Å². The zero-order chi connectivity index (χ0) is 17.9. The molecule has 0 fully saturated rings. The summed E-state index contributed by atoms with van der Waals surface area (Å²) < 4.78 is 32.3. The predicted molar refractivity (Wildman–Crippen MR) is 85.4 cm³/mol. The molecule has 7 heteroatoms. The van der Waals surface area contributed by atoms with E-state index >= 15 is 0 Å². The van der Waals surface area contributed by atoms with Crippen molar-refractivity contribution < 1.29 is 18.1 Å². The van der Waals surface area contributed by atoms with Gasteiger partial charge in [-0.2, -0.15) is 0 Å². The Hall–Kier alpha value is -2.44. The van der Waals surface area contributed by atoms with E-state index in [2.05, 4.69) is 15.8 Å². The van der Waals surface area contributed by atoms with Crippen LogP contribution in [-0.4, -0.2) is 11.2 Å². The highest BCUT2D eigenvalue weighted by Crippen LogP contribution is 2.23. The summed E-state index contributed by atoms with van der Waals surface area (Å²) in [6.45, 7) is 7.14. The van der Waals surface area contributed by atoms with Crippen molar-refractivity contribution in [3.63, 3.8) is 0 Å². The molecule has 2 N–H and O–H groups in total. The summed E-state index contributed by atoms with van der Waals surface area (Å²) in [5, 5.41) is 9.29. The summed E-state index contributed by atoms with van der Waals surface area (Å²) in [6, 6.07) is 1.77. The number of aryl methyl sites for hydroxylation is 2. The first-order valence-electron chi connectivity index (χ1n) is 7.78. The van der Waals surface area contributed by atoms with Crippen LogP contribution in [0.2, 0.25) is 0 Å². The molecular formula is C17H21F2N3O2. The Bertz CT molecular complexity index is 711. The minimum absolute atomic E-state index is 0.123. The summed E-state index contributed by atoms with van der Waals surface area (Å²) in [6.07, 6.45) is 0.424. The molecule has 1 heterocycles. The molecular weight excluding hydrogens is 316 g/mol. The molecule has 5 nitrogen and oxygen atoms in total. The van der Waals surface area contributed by atoms with Crippen molar-refractivity contribution in [3.05, 3.63) is 52.4 Å². The second kappa shape index (κ2) is 7.42. The van der Waals surface area contributed by atoms with E-state index in [0.717, 1.165) is 23.8 Å². The third-order valence-corrected chi connectivity index (χ3v) is 3.92. The molecule has 0 aliphatic rings. The molecule has 1 aromatic carbocycles. The molecule has 2 atom stereocenters. The highest BCUT2D eigenvalue weighted by atomic mass is 19.1. The smallest absolute Gasteiger partial charge is 0.315 e. The maximum absolute atomic E-state index is 13.9. The SMILES string of the molecule is CCC(NC(=O)NC(C)c1c(C)noc1C)c1cc(F)ccc1F. The van der Waals surface area contributed by atoms with Crippen molar-refractivity contribution in [1.29, 1.82) is 0 Å². The first-order valence-corrected chi connectivity index (χ1v) is 7.78. The largest absolute Gasteiger partial charge is 0.361 e. The highest BCUT2D eigenvalue weighted by Gasteiger charge is 2.21. The summed E-state index contributed by atoms with van der Waals surface area (Å²) >= 11 is 0. The van der Waals surface area contributed by atoms with Crippen LogP contribution in [0.25, 0.3) is 0 Å². The number of aromatic nitrogens is 1. The van der Waals surface area contributed by atoms with Crippen LogP contribution in [0, 0.1) is 25.5 Å². The van der Waals surface area contributed by atoms with E-state index in [1.807, 2.05) is 0 Å². The number of carbonyl (C=O) groups is 1. The van der Waals surface area contributed by atoms with Crippen LogP contribution >= 0.6 is 0 Å². The predicted octanol–water partition coefficient (Wildman–Crippen LogP) is 4.08. The Labute approximate surface area is 139 Å². The molecule has 0 aliphatic carbocycles. The molecule has 0 saturated carbocycles. The number of halogens is 2. The van der Waals surface area contributed by atoms with Crippen LogP contribution in [0.4, 0.5) is 13.6 Å². The molecule has 1 aromatic heterocycles. The monoisotopic (exact) mass is 337 g/mol. The van der Waals surface area contributed by atoms with Crippen molar-refractivity contribution in [2.24, 2.45) is 0 Å². The summed E-state index contributed by atoms with van der Waals surface area (Å²) in [4.78, 5) is 12.2. The fourth-order valence-electron chi connectivity index (χ4n) is 2.76. The Morgan fingerprint density at radius 1 is 1.29 bits per heavy atom. The fraction of sp³-hybridized carbons (Fsp3) is 0.412. The van der Waals surface area contributed by atoms with Gasteiger partial charge in [0.1, 0.15) is 17.4 Å². The molecule has 0 spiro atoms. The number of amides is 2. The van der Waals surface area contributed by atoms with Crippen LogP contribution in [0.5, 0.6) is 0 Å². The van der Waals surface area contributed by atoms with Crippen molar-refractivity contribution in [2.45, 2.75) is 46.2 Å². The maximum atomic E-state index is 13.9. The second-order valence-electron chi connectivity index (χ2n) is 5.70. The quantitative estimate of drug-likeness (QED) is 0.864. The topological polar surface area (TPSA) is 67.2 Å². The van der Waals surface area contributed by atoms with E-state index in [-0.39, 0.29) is 11.6 Å². The van der Waals surface area contributed by atoms with Gasteiger partial charge in [0.15, 0.2) is 0 Å². The lowest BCUT2D eigenvalue weighted by Crippen LogP contribution is -2.39. The molecule has 2 rings (SSSR count). The van der Waals surface area contributed by atoms with E-state index < -0.39 is 23.7 Å². The average Bonchev–Trinajstić information content (AvgIpc) is 2.86. The Morgan fingerprint density at radius 2 is 2.00 bits per heavy atom. The zero-order valence-corrected chi connectivity index (χ0v) is 14.1. The fourth-order valence-corrected chi connectivity index (χ4v) is 2.76. The van der Waals surface area contributed by atoms with Crippen LogP contribution in [0.15, 0.2) is 22.7 Å². The number of nitrogens with one attached hydrogen (secondary N) is 2. The Balaban J connectivity index is 2.08. The molecule has 0 aliphatic heterocycles. The van der Waals surface area contributed by atoms with Gasteiger partial charge in [0.05, 0.1) is 17.8 Å². The number of benzene rings is 1. The van der Waals surface area contributed by atoms with Crippen LogP contribution in [0.1, 0.15) is 54.9 Å². The van der Waals surface area contributed by atoms with Crippen molar-refractivity contribution in [2.75, 3.05) is 0 Å². The number of nitrogens with zero attached hydrogens (tertiary/aromatic N) is 1. The summed E-state index contributed by atoms with van der Waals surface area (Å²) in [7, 11) is 0. The van der Waals surface area contributed by atoms with Gasteiger partial charge in [0.2, 0.25) is 0 Å². The second-order valence-corrected chi connectivity index (χ2v) is 5.70. The maximum Gasteiger partial charge on any atom is 0.315 e. The van der Waals surface area contributed by atoms with E-state index in [1.54, 1.807) is 27.7 Å². The molecule has 2 aromatic rings. The molecule has 0 saturated heterocycles. The van der Waals surface area contributed by atoms with Gasteiger partial charge in [-0.3, -0.25) is 0 Å². The zero-order valence-electron chi connectivity index (χ0n) is 14.1. The highest BCUT2D eigenvalue weighted by molar-refractivity contribution is 5.75. The van der Waals surface area contributed by atoms with Crippen molar-refractivity contribution in [3.8, 4) is 0 Å². The van der Waals surface area contributed by atoms with Gasteiger partial charge >= 0.3 is 6.03 Å². The third kappa shape index (κ3) is 3.90. The molecule has 0 bridgehead atoms. The number of rotatable bonds is 5. The van der Waals surface area contributed by atoms with Gasteiger partial charge in [0.25, 0.3) is 0 Å². The van der Waals surface area contributed by atoms with Gasteiger partial charge in [-0.25, -0.2) is 13.6 Å². The molecule has 130 valence electrons. The lowest BCUT2D eigenvalue weighted by Gasteiger charge is -2.21. The van der Waals surface area contributed by atoms with Gasteiger partial charge < -0.3 is 15.2 Å². The van der Waals surface area contributed by atoms with Gasteiger partial charge in [-0.1, -0.05) is 12.1 Å². The minimum atomic E-state index is -0.627. The van der Waals surface area contributed by atoms with Crippen LogP contribution in [0.3, 0.4) is 0 Å². The Kier molecular flexibility index (Phi) is 5.54. The number of urea groups is 1. The summed E-state index contributed by atoms with van der Waals surface area (Å²) in [5.74, 6) is -0.470. The lowest BCUT2D eigenvalue weighted by atomic mass is 10.0. The average molecular weight is 337 g/mol. The molecule has 2 amide bonds. The van der Waals surface area contributed by atoms with Crippen LogP contribution in [-0.2, 0) is 0 Å². The number of hydrogen-bond donors (Lipinski definition) is 2. The number of carbonyl (C=O) groups excluding carboxylic acids is 1. The van der Waals surface area contributed by atoms with E-state index in [1.165, 1.54) is 0 Å². The van der Waals surface area contributed by atoms with E-state index in [9.17, 15) is 13.6 Å². The van der Waals surface area contributed by atoms with E-state index in [4.69, 9.17) is 4.52 Å². The van der Waals surface area contributed by atoms with Gasteiger partial charge in [0, 0.05) is 11.1 Å². The van der Waals surface area contributed by atoms with Crippen LogP contribution < -0.4 is 10.6 Å².